The van der Waals surface area contributed by atoms with Crippen LogP contribution in [0.2, 0.25) is 0 Å². The highest BCUT2D eigenvalue weighted by atomic mass is 32.2. The van der Waals surface area contributed by atoms with Gasteiger partial charge in [-0.25, -0.2) is 18.1 Å². The van der Waals surface area contributed by atoms with Crippen molar-refractivity contribution in [3.05, 3.63) is 34.1 Å². The number of sulfonamides is 1. The van der Waals surface area contributed by atoms with Crippen molar-refractivity contribution in [2.24, 2.45) is 0 Å². The lowest BCUT2D eigenvalue weighted by molar-refractivity contribution is -0.388. The van der Waals surface area contributed by atoms with Crippen LogP contribution in [-0.4, -0.2) is 34.6 Å². The Balaban J connectivity index is 2.37. The fourth-order valence-electron chi connectivity index (χ4n) is 1.93. The van der Waals surface area contributed by atoms with Gasteiger partial charge in [-0.1, -0.05) is 13.8 Å². The number of rotatable bonds is 7. The Bertz CT molecular complexity index is 877. The minimum Gasteiger partial charge on any atom is -0.262 e. The minimum atomic E-state index is -3.81. The molecule has 0 fully saturated rings. The molecule has 0 amide bonds. The van der Waals surface area contributed by atoms with Crippen molar-refractivity contribution in [1.82, 2.24) is 19.9 Å². The highest BCUT2D eigenvalue weighted by Gasteiger charge is 2.23. The summed E-state index contributed by atoms with van der Waals surface area (Å²) in [6.07, 6.45) is 0. The summed E-state index contributed by atoms with van der Waals surface area (Å²) < 4.78 is 26.8. The number of nitrogens with zero attached hydrogens (tertiary/aromatic N) is 3. The van der Waals surface area contributed by atoms with Gasteiger partial charge in [-0.3, -0.25) is 15.2 Å². The third-order valence-electron chi connectivity index (χ3n) is 3.06. The molecule has 11 heteroatoms. The van der Waals surface area contributed by atoms with Gasteiger partial charge in [0.15, 0.2) is 0 Å². The predicted molar refractivity (Wildman–Crippen MR) is 93.1 cm³/mol. The van der Waals surface area contributed by atoms with Crippen molar-refractivity contribution >= 4 is 27.5 Å². The van der Waals surface area contributed by atoms with Gasteiger partial charge >= 0.3 is 0 Å². The largest absolute Gasteiger partial charge is 0.284 e. The molecule has 0 saturated heterocycles. The lowest BCUT2D eigenvalue weighted by Crippen LogP contribution is -2.30. The second-order valence-corrected chi connectivity index (χ2v) is 8.65. The van der Waals surface area contributed by atoms with E-state index in [1.165, 1.54) is 12.1 Å². The van der Waals surface area contributed by atoms with Crippen molar-refractivity contribution in [2.75, 3.05) is 0 Å². The molecule has 0 radical (unpaired) electrons. The van der Waals surface area contributed by atoms with Gasteiger partial charge in [0.05, 0.1) is 14.7 Å². The second kappa shape index (κ2) is 7.50. The predicted octanol–water partition coefficient (Wildman–Crippen LogP) is 2.67. The summed E-state index contributed by atoms with van der Waals surface area (Å²) in [5, 5.41) is 18.5. The van der Waals surface area contributed by atoms with Crippen molar-refractivity contribution in [1.29, 1.82) is 0 Å². The van der Waals surface area contributed by atoms with Gasteiger partial charge in [-0.05, 0) is 37.7 Å². The van der Waals surface area contributed by atoms with E-state index in [0.29, 0.717) is 11.0 Å². The fraction of sp³-hybridized carbons (Fsp3) is 0.429. The molecule has 0 saturated carbocycles. The van der Waals surface area contributed by atoms with Crippen LogP contribution in [0.1, 0.15) is 39.4 Å². The zero-order chi connectivity index (χ0) is 18.8. The standard InChI is InChI=1S/C14H19N5O4S2/c1-8(2)13-15-14(17-16-13)24-12-6-5-10(7-11(12)19(20)21)25(22,23)18-9(3)4/h5-9,18H,1-4H3,(H,15,16,17). The van der Waals surface area contributed by atoms with Gasteiger partial charge < -0.3 is 0 Å². The number of nitro benzene ring substituents is 1. The van der Waals surface area contributed by atoms with E-state index in [1.807, 2.05) is 13.8 Å². The Morgan fingerprint density at radius 1 is 1.28 bits per heavy atom. The van der Waals surface area contributed by atoms with Gasteiger partial charge in [0.25, 0.3) is 5.69 Å². The zero-order valence-corrected chi connectivity index (χ0v) is 15.8. The van der Waals surface area contributed by atoms with Gasteiger partial charge in [0.1, 0.15) is 5.82 Å². The summed E-state index contributed by atoms with van der Waals surface area (Å²) >= 11 is 1.00. The van der Waals surface area contributed by atoms with E-state index >= 15 is 0 Å². The Kier molecular flexibility index (Phi) is 5.80. The van der Waals surface area contributed by atoms with Gasteiger partial charge in [-0.15, -0.1) is 5.10 Å². The Morgan fingerprint density at radius 2 is 1.96 bits per heavy atom. The van der Waals surface area contributed by atoms with Crippen LogP contribution in [-0.2, 0) is 10.0 Å². The maximum Gasteiger partial charge on any atom is 0.284 e. The van der Waals surface area contributed by atoms with Crippen LogP contribution in [0.3, 0.4) is 0 Å². The molecule has 0 aliphatic carbocycles. The highest BCUT2D eigenvalue weighted by Crippen LogP contribution is 2.35. The van der Waals surface area contributed by atoms with Crippen molar-refractivity contribution in [3.8, 4) is 0 Å². The molecule has 25 heavy (non-hydrogen) atoms. The number of hydrogen-bond acceptors (Lipinski definition) is 7. The Labute approximate surface area is 149 Å². The molecule has 2 N–H and O–H groups in total. The van der Waals surface area contributed by atoms with Crippen molar-refractivity contribution in [3.63, 3.8) is 0 Å². The average Bonchev–Trinajstić information content (AvgIpc) is 2.94. The maximum atomic E-state index is 12.2. The molecule has 0 atom stereocenters. The lowest BCUT2D eigenvalue weighted by atomic mass is 10.2. The number of aromatic nitrogens is 3. The molecule has 1 aromatic heterocycles. The monoisotopic (exact) mass is 385 g/mol. The van der Waals surface area contributed by atoms with Crippen LogP contribution in [0.5, 0.6) is 0 Å². The number of nitrogens with one attached hydrogen (secondary N) is 2. The van der Waals surface area contributed by atoms with Crippen LogP contribution in [0, 0.1) is 10.1 Å². The zero-order valence-electron chi connectivity index (χ0n) is 14.2. The summed E-state index contributed by atoms with van der Waals surface area (Å²) in [5.74, 6) is 0.817. The van der Waals surface area contributed by atoms with Crippen molar-refractivity contribution < 1.29 is 13.3 Å². The number of nitro groups is 1. The number of benzene rings is 1. The third kappa shape index (κ3) is 4.77. The Morgan fingerprint density at radius 3 is 2.48 bits per heavy atom. The summed E-state index contributed by atoms with van der Waals surface area (Å²) in [4.78, 5) is 15.1. The van der Waals surface area contributed by atoms with Gasteiger partial charge in [0.2, 0.25) is 15.2 Å². The van der Waals surface area contributed by atoms with Crippen LogP contribution in [0.15, 0.2) is 33.1 Å². The number of H-pyrrole nitrogens is 1. The molecule has 0 aliphatic rings. The highest BCUT2D eigenvalue weighted by molar-refractivity contribution is 7.99. The second-order valence-electron chi connectivity index (χ2n) is 5.92. The van der Waals surface area contributed by atoms with E-state index < -0.39 is 14.9 Å². The molecule has 1 heterocycles. The molecule has 0 bridgehead atoms. The molecule has 0 aliphatic heterocycles. The molecule has 2 rings (SSSR count). The average molecular weight is 385 g/mol. The first kappa shape index (κ1) is 19.3. The van der Waals surface area contributed by atoms with Crippen LogP contribution >= 0.6 is 11.8 Å². The molecule has 2 aromatic rings. The van der Waals surface area contributed by atoms with Crippen LogP contribution in [0.25, 0.3) is 0 Å². The van der Waals surface area contributed by atoms with E-state index in [0.717, 1.165) is 17.8 Å². The smallest absolute Gasteiger partial charge is 0.262 e. The molecule has 0 spiro atoms. The van der Waals surface area contributed by atoms with E-state index in [9.17, 15) is 18.5 Å². The van der Waals surface area contributed by atoms with E-state index in [-0.39, 0.29) is 27.4 Å². The first-order chi connectivity index (χ1) is 11.6. The Hall–Kier alpha value is -1.98. The SMILES string of the molecule is CC(C)NS(=O)(=O)c1ccc(Sc2n[nH]c(C(C)C)n2)c([N+](=O)[O-])c1. The molecular weight excluding hydrogens is 366 g/mol. The molecular formula is C14H19N5O4S2. The molecule has 1 aromatic carbocycles. The number of aromatic amines is 1. The van der Waals surface area contributed by atoms with Crippen molar-refractivity contribution in [2.45, 2.75) is 54.6 Å². The third-order valence-corrected chi connectivity index (χ3v) is 5.65. The first-order valence-corrected chi connectivity index (χ1v) is 9.81. The van der Waals surface area contributed by atoms with Crippen LogP contribution in [0.4, 0.5) is 5.69 Å². The van der Waals surface area contributed by atoms with E-state index in [2.05, 4.69) is 19.9 Å². The summed E-state index contributed by atoms with van der Waals surface area (Å²) in [7, 11) is -3.81. The lowest BCUT2D eigenvalue weighted by Gasteiger charge is -2.10. The minimum absolute atomic E-state index is 0.145. The first-order valence-electron chi connectivity index (χ1n) is 7.51. The topological polar surface area (TPSA) is 131 Å². The summed E-state index contributed by atoms with van der Waals surface area (Å²) in [5.41, 5.74) is -0.312. The molecule has 9 nitrogen and oxygen atoms in total. The maximum absolute atomic E-state index is 12.2. The molecule has 0 unspecified atom stereocenters. The van der Waals surface area contributed by atoms with Crippen LogP contribution < -0.4 is 4.72 Å². The summed E-state index contributed by atoms with van der Waals surface area (Å²) in [6, 6.07) is 3.45. The summed E-state index contributed by atoms with van der Waals surface area (Å²) in [6.45, 7) is 7.23. The van der Waals surface area contributed by atoms with E-state index in [4.69, 9.17) is 0 Å². The van der Waals surface area contributed by atoms with E-state index in [1.54, 1.807) is 13.8 Å². The van der Waals surface area contributed by atoms with Gasteiger partial charge in [0, 0.05) is 18.0 Å². The normalized spacial score (nSPS) is 12.1. The van der Waals surface area contributed by atoms with Gasteiger partial charge in [-0.2, -0.15) is 0 Å². The number of hydrogen-bond donors (Lipinski definition) is 2. The fourth-order valence-corrected chi connectivity index (χ4v) is 4.01. The quantitative estimate of drug-likeness (QED) is 0.553. The molecule has 136 valence electrons.